The quantitative estimate of drug-likeness (QED) is 0.327. The van der Waals surface area contributed by atoms with Crippen molar-refractivity contribution in [1.82, 2.24) is 0 Å². The highest BCUT2D eigenvalue weighted by molar-refractivity contribution is 9.10. The number of carbonyl (C=O) groups is 2. The summed E-state index contributed by atoms with van der Waals surface area (Å²) in [7, 11) is -4.17. The van der Waals surface area contributed by atoms with Gasteiger partial charge >= 0.3 is 0 Å². The van der Waals surface area contributed by atoms with Crippen molar-refractivity contribution < 1.29 is 18.0 Å². The van der Waals surface area contributed by atoms with Crippen LogP contribution in [0.25, 0.3) is 0 Å². The average Bonchev–Trinajstić information content (AvgIpc) is 2.72. The fourth-order valence-corrected chi connectivity index (χ4v) is 5.41. The number of benzene rings is 3. The highest BCUT2D eigenvalue weighted by Crippen LogP contribution is 2.28. The first-order valence-corrected chi connectivity index (χ1v) is 12.3. The number of sulfone groups is 1. The maximum absolute atomic E-state index is 13.4. The van der Waals surface area contributed by atoms with Crippen LogP contribution in [0.1, 0.15) is 32.7 Å². The average molecular weight is 540 g/mol. The molecule has 3 aromatic carbocycles. The Hall–Kier alpha value is -1.99. The van der Waals surface area contributed by atoms with Crippen molar-refractivity contribution in [3.8, 4) is 0 Å². The van der Waals surface area contributed by atoms with E-state index in [0.717, 1.165) is 10.0 Å². The Kier molecular flexibility index (Phi) is 7.37. The highest BCUT2D eigenvalue weighted by Gasteiger charge is 2.37. The Morgan fingerprint density at radius 2 is 1.55 bits per heavy atom. The first-order chi connectivity index (χ1) is 14.6. The van der Waals surface area contributed by atoms with Crippen LogP contribution in [0.4, 0.5) is 0 Å². The van der Waals surface area contributed by atoms with Gasteiger partial charge in [0.25, 0.3) is 0 Å². The van der Waals surface area contributed by atoms with Gasteiger partial charge in [-0.25, -0.2) is 8.42 Å². The molecule has 8 heteroatoms. The fraction of sp³-hybridized carbons (Fsp3) is 0.130. The van der Waals surface area contributed by atoms with Gasteiger partial charge in [-0.05, 0) is 49.4 Å². The van der Waals surface area contributed by atoms with Gasteiger partial charge in [0.15, 0.2) is 21.4 Å². The summed E-state index contributed by atoms with van der Waals surface area (Å²) in [6, 6.07) is 16.8. The van der Waals surface area contributed by atoms with Crippen molar-refractivity contribution in [3.05, 3.63) is 97.9 Å². The molecular weight excluding hydrogens is 523 g/mol. The van der Waals surface area contributed by atoms with Gasteiger partial charge in [-0.3, -0.25) is 9.59 Å². The van der Waals surface area contributed by atoms with Gasteiger partial charge in [-0.15, -0.1) is 0 Å². The second-order valence-corrected chi connectivity index (χ2v) is 10.9. The standard InChI is InChI=1S/C23H17BrCl2O4S/c1-14-2-9-18(10-3-14)31(29,30)22(13-21(27)15-4-6-16(24)7-5-15)23(28)19-11-8-17(25)12-20(19)26/h2-12,22H,13H2,1H3/t22-/m1/s1. The zero-order chi connectivity index (χ0) is 22.8. The largest absolute Gasteiger partial charge is 0.294 e. The third kappa shape index (κ3) is 5.44. The van der Waals surface area contributed by atoms with Gasteiger partial charge < -0.3 is 0 Å². The first-order valence-electron chi connectivity index (χ1n) is 9.18. The smallest absolute Gasteiger partial charge is 0.189 e. The van der Waals surface area contributed by atoms with Crippen molar-refractivity contribution in [1.29, 1.82) is 0 Å². The molecule has 0 unspecified atom stereocenters. The fourth-order valence-electron chi connectivity index (χ4n) is 3.02. The van der Waals surface area contributed by atoms with Gasteiger partial charge in [-0.2, -0.15) is 0 Å². The Morgan fingerprint density at radius 3 is 2.13 bits per heavy atom. The van der Waals surface area contributed by atoms with Crippen LogP contribution < -0.4 is 0 Å². The summed E-state index contributed by atoms with van der Waals surface area (Å²) in [6.07, 6.45) is -0.518. The molecule has 0 heterocycles. The summed E-state index contributed by atoms with van der Waals surface area (Å²) in [5, 5.41) is -1.30. The number of Topliss-reactive ketones (excluding diaryl/α,β-unsaturated/α-hetero) is 2. The van der Waals surface area contributed by atoms with Gasteiger partial charge in [0.2, 0.25) is 0 Å². The normalized spacial score (nSPS) is 12.4. The van der Waals surface area contributed by atoms with Crippen molar-refractivity contribution in [3.63, 3.8) is 0 Å². The Balaban J connectivity index is 2.06. The van der Waals surface area contributed by atoms with Crippen LogP contribution >= 0.6 is 39.1 Å². The monoisotopic (exact) mass is 538 g/mol. The minimum absolute atomic E-state index is 0.00430. The van der Waals surface area contributed by atoms with Crippen molar-refractivity contribution in [2.45, 2.75) is 23.5 Å². The van der Waals surface area contributed by atoms with E-state index in [1.165, 1.54) is 30.3 Å². The van der Waals surface area contributed by atoms with E-state index in [4.69, 9.17) is 23.2 Å². The number of hydrogen-bond donors (Lipinski definition) is 0. The van der Waals surface area contributed by atoms with E-state index in [0.29, 0.717) is 10.6 Å². The first kappa shape index (κ1) is 23.7. The van der Waals surface area contributed by atoms with Crippen LogP contribution in [0, 0.1) is 6.92 Å². The number of aryl methyl sites for hydroxylation is 1. The second kappa shape index (κ2) is 9.65. The molecule has 0 saturated heterocycles. The van der Waals surface area contributed by atoms with Crippen LogP contribution in [0.15, 0.2) is 76.1 Å². The summed E-state index contributed by atoms with van der Waals surface area (Å²) in [5.41, 5.74) is 1.17. The Bertz CT molecular complexity index is 1240. The molecule has 0 spiro atoms. The lowest BCUT2D eigenvalue weighted by Crippen LogP contribution is -2.33. The molecular formula is C23H17BrCl2O4S. The van der Waals surface area contributed by atoms with E-state index < -0.39 is 33.1 Å². The Morgan fingerprint density at radius 1 is 0.935 bits per heavy atom. The molecule has 1 atom stereocenters. The molecule has 160 valence electrons. The van der Waals surface area contributed by atoms with E-state index >= 15 is 0 Å². The number of rotatable bonds is 7. The molecule has 31 heavy (non-hydrogen) atoms. The van der Waals surface area contributed by atoms with E-state index in [1.54, 1.807) is 36.4 Å². The predicted octanol–water partition coefficient (Wildman–Crippen LogP) is 6.36. The number of carbonyl (C=O) groups excluding carboxylic acids is 2. The minimum atomic E-state index is -4.17. The van der Waals surface area contributed by atoms with Gasteiger partial charge in [0.1, 0.15) is 5.25 Å². The predicted molar refractivity (Wildman–Crippen MR) is 126 cm³/mol. The molecule has 0 radical (unpaired) electrons. The lowest BCUT2D eigenvalue weighted by Gasteiger charge is -2.17. The number of ketones is 2. The van der Waals surface area contributed by atoms with Crippen LogP contribution in [0.2, 0.25) is 10.0 Å². The molecule has 3 aromatic rings. The zero-order valence-electron chi connectivity index (χ0n) is 16.3. The lowest BCUT2D eigenvalue weighted by molar-refractivity contribution is 0.0920. The molecule has 0 saturated carbocycles. The van der Waals surface area contributed by atoms with Crippen molar-refractivity contribution >= 4 is 60.5 Å². The van der Waals surface area contributed by atoms with Gasteiger partial charge in [0.05, 0.1) is 9.92 Å². The van der Waals surface area contributed by atoms with E-state index in [9.17, 15) is 18.0 Å². The maximum atomic E-state index is 13.4. The Labute approximate surface area is 199 Å². The highest BCUT2D eigenvalue weighted by atomic mass is 79.9. The van der Waals surface area contributed by atoms with Crippen LogP contribution in [-0.4, -0.2) is 25.2 Å². The molecule has 4 nitrogen and oxygen atoms in total. The summed E-state index contributed by atoms with van der Waals surface area (Å²) < 4.78 is 27.6. The third-order valence-electron chi connectivity index (χ3n) is 4.75. The van der Waals surface area contributed by atoms with Gasteiger partial charge in [0, 0.05) is 27.0 Å². The number of hydrogen-bond acceptors (Lipinski definition) is 4. The van der Waals surface area contributed by atoms with Gasteiger partial charge in [-0.1, -0.05) is 69.0 Å². The SMILES string of the molecule is Cc1ccc(S(=O)(=O)[C@H](CC(=O)c2ccc(Br)cc2)C(=O)c2ccc(Cl)cc2Cl)cc1. The maximum Gasteiger partial charge on any atom is 0.189 e. The van der Waals surface area contributed by atoms with Crippen molar-refractivity contribution in [2.75, 3.05) is 0 Å². The molecule has 0 aliphatic heterocycles. The van der Waals surface area contributed by atoms with Crippen LogP contribution in [-0.2, 0) is 9.84 Å². The van der Waals surface area contributed by atoms with E-state index in [2.05, 4.69) is 15.9 Å². The summed E-state index contributed by atoms with van der Waals surface area (Å²) >= 11 is 15.4. The topological polar surface area (TPSA) is 68.3 Å². The van der Waals surface area contributed by atoms with Crippen LogP contribution in [0.3, 0.4) is 0 Å². The molecule has 0 amide bonds. The molecule has 0 aliphatic carbocycles. The molecule has 0 N–H and O–H groups in total. The van der Waals surface area contributed by atoms with Crippen LogP contribution in [0.5, 0.6) is 0 Å². The number of halogens is 3. The zero-order valence-corrected chi connectivity index (χ0v) is 20.2. The molecule has 0 aromatic heterocycles. The van der Waals surface area contributed by atoms with E-state index in [-0.39, 0.29) is 15.5 Å². The molecule has 3 rings (SSSR count). The third-order valence-corrected chi connectivity index (χ3v) is 7.89. The minimum Gasteiger partial charge on any atom is -0.294 e. The lowest BCUT2D eigenvalue weighted by atomic mass is 10.0. The molecule has 0 aliphatic rings. The summed E-state index contributed by atoms with van der Waals surface area (Å²) in [4.78, 5) is 26.2. The summed E-state index contributed by atoms with van der Waals surface area (Å²) in [6.45, 7) is 1.82. The van der Waals surface area contributed by atoms with E-state index in [1.807, 2.05) is 6.92 Å². The second-order valence-electron chi connectivity index (χ2n) is 6.97. The molecule has 0 bridgehead atoms. The summed E-state index contributed by atoms with van der Waals surface area (Å²) in [5.74, 6) is -1.22. The molecule has 0 fully saturated rings. The van der Waals surface area contributed by atoms with Crippen molar-refractivity contribution in [2.24, 2.45) is 0 Å².